The normalized spacial score (nSPS) is 19.6. The quantitative estimate of drug-likeness (QED) is 0.860. The van der Waals surface area contributed by atoms with E-state index in [1.54, 1.807) is 6.92 Å². The largest absolute Gasteiger partial charge is 0.486 e. The van der Waals surface area contributed by atoms with Crippen molar-refractivity contribution in [3.05, 3.63) is 45.7 Å². The predicted octanol–water partition coefficient (Wildman–Crippen LogP) is 2.81. The maximum absolute atomic E-state index is 14.2. The van der Waals surface area contributed by atoms with Gasteiger partial charge in [0.2, 0.25) is 5.67 Å². The number of aliphatic carboxylic acids is 1. The van der Waals surface area contributed by atoms with Gasteiger partial charge in [-0.3, -0.25) is 4.79 Å². The van der Waals surface area contributed by atoms with Crippen LogP contribution in [0.2, 0.25) is 0 Å². The molecule has 0 saturated carbocycles. The van der Waals surface area contributed by atoms with Crippen molar-refractivity contribution in [1.29, 1.82) is 0 Å². The molecule has 6 nitrogen and oxygen atoms in total. The second kappa shape index (κ2) is 6.99. The summed E-state index contributed by atoms with van der Waals surface area (Å²) in [4.78, 5) is 29.3. The summed E-state index contributed by atoms with van der Waals surface area (Å²) in [5.74, 6) is -1.89. The summed E-state index contributed by atoms with van der Waals surface area (Å²) in [7, 11) is 0. The molecular weight excluding hydrogens is 366 g/mol. The number of ether oxygens (including phenoxy) is 1. The fourth-order valence-electron chi connectivity index (χ4n) is 2.65. The summed E-state index contributed by atoms with van der Waals surface area (Å²) in [6, 6.07) is 5.52. The number of carbonyl (C=O) groups excluding carboxylic acids is 1. The number of rotatable bonds is 5. The number of carboxylic acid groups (broad SMARTS) is 1. The van der Waals surface area contributed by atoms with Gasteiger partial charge in [0.1, 0.15) is 28.1 Å². The fourth-order valence-corrected chi connectivity index (χ4v) is 3.60. The van der Waals surface area contributed by atoms with Gasteiger partial charge in [-0.15, -0.1) is 11.3 Å². The van der Waals surface area contributed by atoms with Crippen molar-refractivity contribution in [2.75, 3.05) is 13.1 Å². The van der Waals surface area contributed by atoms with Crippen LogP contribution in [-0.2, 0) is 11.4 Å². The number of carbonyl (C=O) groups is 2. The van der Waals surface area contributed by atoms with E-state index in [0.29, 0.717) is 21.3 Å². The van der Waals surface area contributed by atoms with Crippen molar-refractivity contribution in [3.8, 4) is 5.75 Å². The van der Waals surface area contributed by atoms with Crippen molar-refractivity contribution in [2.45, 2.75) is 25.6 Å². The summed E-state index contributed by atoms with van der Waals surface area (Å²) in [5, 5.41) is 9.47. The van der Waals surface area contributed by atoms with Gasteiger partial charge in [-0.2, -0.15) is 0 Å². The molecule has 1 amide bonds. The molecule has 1 N–H and O–H groups in total. The first-order valence-electron chi connectivity index (χ1n) is 7.85. The van der Waals surface area contributed by atoms with Gasteiger partial charge in [0.15, 0.2) is 0 Å². The smallest absolute Gasteiger partial charge is 0.343 e. The maximum Gasteiger partial charge on any atom is 0.343 e. The third-order valence-corrected chi connectivity index (χ3v) is 5.22. The van der Waals surface area contributed by atoms with E-state index in [-0.39, 0.29) is 25.4 Å². The van der Waals surface area contributed by atoms with E-state index in [4.69, 9.17) is 9.84 Å². The second-order valence-corrected chi connectivity index (χ2v) is 7.10. The summed E-state index contributed by atoms with van der Waals surface area (Å²) in [5.41, 5.74) is -1.92. The number of hydrogen-bond donors (Lipinski definition) is 1. The first kappa shape index (κ1) is 18.2. The van der Waals surface area contributed by atoms with Crippen LogP contribution < -0.4 is 4.74 Å². The third-order valence-electron chi connectivity index (χ3n) is 4.10. The minimum Gasteiger partial charge on any atom is -0.486 e. The average Bonchev–Trinajstić information content (AvgIpc) is 3.18. The van der Waals surface area contributed by atoms with E-state index < -0.39 is 24.1 Å². The lowest BCUT2D eigenvalue weighted by Gasteiger charge is -2.17. The number of hydrogen-bond acceptors (Lipinski definition) is 5. The molecule has 9 heteroatoms. The first-order chi connectivity index (χ1) is 12.3. The van der Waals surface area contributed by atoms with E-state index >= 15 is 0 Å². The summed E-state index contributed by atoms with van der Waals surface area (Å²) < 4.78 is 32.5. The molecule has 0 radical (unpaired) electrons. The number of aromatic nitrogens is 1. The van der Waals surface area contributed by atoms with Gasteiger partial charge < -0.3 is 14.7 Å². The molecule has 0 spiro atoms. The molecule has 1 aromatic heterocycles. The minimum atomic E-state index is -2.40. The molecule has 1 atom stereocenters. The molecule has 2 heterocycles. The van der Waals surface area contributed by atoms with E-state index in [0.717, 1.165) is 11.3 Å². The van der Waals surface area contributed by atoms with Gasteiger partial charge in [-0.05, 0) is 31.2 Å². The Morgan fingerprint density at radius 2 is 2.08 bits per heavy atom. The van der Waals surface area contributed by atoms with Crippen molar-refractivity contribution >= 4 is 23.2 Å². The molecule has 138 valence electrons. The number of nitrogens with zero attached hydrogens (tertiary/aromatic N) is 2. The number of amides is 1. The van der Waals surface area contributed by atoms with Gasteiger partial charge in [-0.1, -0.05) is 0 Å². The number of likely N-dealkylation sites (tertiary alicyclic amines) is 1. The summed E-state index contributed by atoms with van der Waals surface area (Å²) >= 11 is 1.11. The lowest BCUT2D eigenvalue weighted by molar-refractivity contribution is -0.149. The lowest BCUT2D eigenvalue weighted by atomic mass is 10.1. The monoisotopic (exact) mass is 382 g/mol. The molecular formula is C17H16F2N2O4S. The number of alkyl halides is 1. The SMILES string of the molecule is Cc1nc(COc2ccc(F)cc2)sc1C(=O)N1CCC(F)(C(=O)O)C1. The van der Waals surface area contributed by atoms with Crippen molar-refractivity contribution in [1.82, 2.24) is 9.88 Å². The Labute approximate surface area is 152 Å². The Morgan fingerprint density at radius 1 is 1.38 bits per heavy atom. The second-order valence-electron chi connectivity index (χ2n) is 6.01. The Hall–Kier alpha value is -2.55. The molecule has 2 aromatic rings. The molecule has 1 aromatic carbocycles. The highest BCUT2D eigenvalue weighted by Gasteiger charge is 2.47. The number of halogens is 2. The van der Waals surface area contributed by atoms with E-state index in [1.165, 1.54) is 29.2 Å². The van der Waals surface area contributed by atoms with Crippen LogP contribution in [0.3, 0.4) is 0 Å². The topological polar surface area (TPSA) is 79.7 Å². The van der Waals surface area contributed by atoms with Gasteiger partial charge >= 0.3 is 5.97 Å². The number of carboxylic acids is 1. The van der Waals surface area contributed by atoms with Gasteiger partial charge in [-0.25, -0.2) is 18.6 Å². The van der Waals surface area contributed by atoms with Gasteiger partial charge in [0.05, 0.1) is 12.2 Å². The molecule has 1 fully saturated rings. The maximum atomic E-state index is 14.2. The molecule has 1 aliphatic heterocycles. The Balaban J connectivity index is 1.67. The predicted molar refractivity (Wildman–Crippen MR) is 89.6 cm³/mol. The standard InChI is InChI=1S/C17H16F2N2O4S/c1-10-14(15(22)21-7-6-17(19,9-21)16(23)24)26-13(20-10)8-25-12-4-2-11(18)3-5-12/h2-5H,6-9H2,1H3,(H,23,24). The van der Waals surface area contributed by atoms with Crippen LogP contribution in [0.15, 0.2) is 24.3 Å². The number of aryl methyl sites for hydroxylation is 1. The Bertz CT molecular complexity index is 840. The summed E-state index contributed by atoms with van der Waals surface area (Å²) in [6.07, 6.45) is -0.230. The highest BCUT2D eigenvalue weighted by atomic mass is 32.1. The molecule has 1 unspecified atom stereocenters. The molecule has 3 rings (SSSR count). The zero-order chi connectivity index (χ0) is 18.9. The van der Waals surface area contributed by atoms with Crippen molar-refractivity contribution in [3.63, 3.8) is 0 Å². The molecule has 0 bridgehead atoms. The van der Waals surface area contributed by atoms with Crippen LogP contribution in [-0.4, -0.2) is 45.6 Å². The van der Waals surface area contributed by atoms with Crippen LogP contribution in [0, 0.1) is 12.7 Å². The highest BCUT2D eigenvalue weighted by molar-refractivity contribution is 7.13. The van der Waals surface area contributed by atoms with E-state index in [9.17, 15) is 18.4 Å². The minimum absolute atomic E-state index is 0.0420. The van der Waals surface area contributed by atoms with Crippen LogP contribution in [0.4, 0.5) is 8.78 Å². The Morgan fingerprint density at radius 3 is 2.69 bits per heavy atom. The van der Waals surface area contributed by atoms with Crippen molar-refractivity contribution < 1.29 is 28.2 Å². The number of benzene rings is 1. The first-order valence-corrected chi connectivity index (χ1v) is 8.66. The van der Waals surface area contributed by atoms with Crippen LogP contribution >= 0.6 is 11.3 Å². The van der Waals surface area contributed by atoms with Crippen molar-refractivity contribution in [2.24, 2.45) is 0 Å². The van der Waals surface area contributed by atoms with Gasteiger partial charge in [0.25, 0.3) is 5.91 Å². The van der Waals surface area contributed by atoms with Gasteiger partial charge in [0, 0.05) is 13.0 Å². The van der Waals surface area contributed by atoms with Crippen LogP contribution in [0.5, 0.6) is 5.75 Å². The van der Waals surface area contributed by atoms with Crippen LogP contribution in [0.1, 0.15) is 26.8 Å². The summed E-state index contributed by atoms with van der Waals surface area (Å²) in [6.45, 7) is 1.33. The molecule has 1 aliphatic rings. The molecule has 0 aliphatic carbocycles. The number of thiazole rings is 1. The molecule has 1 saturated heterocycles. The highest BCUT2D eigenvalue weighted by Crippen LogP contribution is 2.29. The zero-order valence-electron chi connectivity index (χ0n) is 13.9. The zero-order valence-corrected chi connectivity index (χ0v) is 14.7. The van der Waals surface area contributed by atoms with E-state index in [1.807, 2.05) is 0 Å². The average molecular weight is 382 g/mol. The third kappa shape index (κ3) is 3.67. The van der Waals surface area contributed by atoms with Crippen LogP contribution in [0.25, 0.3) is 0 Å². The fraction of sp³-hybridized carbons (Fsp3) is 0.353. The Kier molecular flexibility index (Phi) is 4.90. The van der Waals surface area contributed by atoms with E-state index in [2.05, 4.69) is 4.98 Å². The molecule has 26 heavy (non-hydrogen) atoms. The lowest BCUT2D eigenvalue weighted by Crippen LogP contribution is -2.38.